The van der Waals surface area contributed by atoms with Gasteiger partial charge in [-0.1, -0.05) is 11.6 Å². The van der Waals surface area contributed by atoms with Crippen LogP contribution in [0.3, 0.4) is 0 Å². The average Bonchev–Trinajstić information content (AvgIpc) is 2.14. The van der Waals surface area contributed by atoms with Crippen LogP contribution in [0.25, 0.3) is 0 Å². The number of aliphatic hydroxyl groups excluding tert-OH is 1. The van der Waals surface area contributed by atoms with E-state index in [1.54, 1.807) is 6.92 Å². The van der Waals surface area contributed by atoms with Crippen LogP contribution in [0, 0.1) is 6.92 Å². The Balaban J connectivity index is 3.04. The highest BCUT2D eigenvalue weighted by molar-refractivity contribution is 5.38. The Labute approximate surface area is 85.3 Å². The fraction of sp³-hybridized carbons (Fsp3) is 0.400. The molecule has 1 N–H and O–H groups in total. The van der Waals surface area contributed by atoms with Gasteiger partial charge in [0.15, 0.2) is 0 Å². The molecule has 0 heterocycles. The predicted octanol–water partition coefficient (Wildman–Crippen LogP) is 2.38. The summed E-state index contributed by atoms with van der Waals surface area (Å²) >= 11 is 0. The summed E-state index contributed by atoms with van der Waals surface area (Å²) in [6, 6.07) is 3.81. The molecule has 0 fully saturated rings. The molecule has 1 aromatic carbocycles. The molecule has 2 nitrogen and oxygen atoms in total. The van der Waals surface area contributed by atoms with Crippen LogP contribution in [0.15, 0.2) is 18.2 Å². The van der Waals surface area contributed by atoms with Gasteiger partial charge in [0.25, 0.3) is 0 Å². The van der Waals surface area contributed by atoms with Crippen LogP contribution in [-0.2, 0) is 6.18 Å². The molecule has 0 saturated heterocycles. The zero-order valence-electron chi connectivity index (χ0n) is 8.14. The van der Waals surface area contributed by atoms with Crippen molar-refractivity contribution in [2.45, 2.75) is 13.1 Å². The van der Waals surface area contributed by atoms with Crippen molar-refractivity contribution in [2.24, 2.45) is 0 Å². The van der Waals surface area contributed by atoms with E-state index in [4.69, 9.17) is 9.84 Å². The molecule has 0 aliphatic carbocycles. The molecule has 5 heteroatoms. The summed E-state index contributed by atoms with van der Waals surface area (Å²) in [5.41, 5.74) is -0.297. The van der Waals surface area contributed by atoms with E-state index in [0.717, 1.165) is 6.07 Å². The lowest BCUT2D eigenvalue weighted by Crippen LogP contribution is -2.11. The van der Waals surface area contributed by atoms with Crippen molar-refractivity contribution < 1.29 is 23.0 Å². The second kappa shape index (κ2) is 4.53. The van der Waals surface area contributed by atoms with Crippen LogP contribution in [0.2, 0.25) is 0 Å². The molecule has 0 bridgehead atoms. The van der Waals surface area contributed by atoms with E-state index in [-0.39, 0.29) is 19.0 Å². The third-order valence-electron chi connectivity index (χ3n) is 1.79. The second-order valence-electron chi connectivity index (χ2n) is 3.07. The highest BCUT2D eigenvalue weighted by Crippen LogP contribution is 2.36. The fourth-order valence-electron chi connectivity index (χ4n) is 1.15. The van der Waals surface area contributed by atoms with Crippen molar-refractivity contribution in [2.75, 3.05) is 13.2 Å². The van der Waals surface area contributed by atoms with Crippen molar-refractivity contribution in [3.8, 4) is 5.75 Å². The largest absolute Gasteiger partial charge is 0.491 e. The van der Waals surface area contributed by atoms with Gasteiger partial charge < -0.3 is 9.84 Å². The van der Waals surface area contributed by atoms with E-state index >= 15 is 0 Å². The van der Waals surface area contributed by atoms with Gasteiger partial charge in [0, 0.05) is 0 Å². The van der Waals surface area contributed by atoms with E-state index in [0.29, 0.717) is 5.56 Å². The van der Waals surface area contributed by atoms with E-state index in [1.165, 1.54) is 12.1 Å². The summed E-state index contributed by atoms with van der Waals surface area (Å²) in [5, 5.41) is 8.47. The zero-order chi connectivity index (χ0) is 11.5. The molecule has 84 valence electrons. The first-order chi connectivity index (χ1) is 6.95. The van der Waals surface area contributed by atoms with Gasteiger partial charge in [-0.3, -0.25) is 0 Å². The molecule has 0 saturated carbocycles. The van der Waals surface area contributed by atoms with Crippen LogP contribution in [0.1, 0.15) is 11.1 Å². The molecule has 0 aliphatic heterocycles. The molecule has 0 aliphatic rings. The smallest absolute Gasteiger partial charge is 0.419 e. The summed E-state index contributed by atoms with van der Waals surface area (Å²) in [6.07, 6.45) is -4.43. The third-order valence-corrected chi connectivity index (χ3v) is 1.79. The molecule has 1 aromatic rings. The Morgan fingerprint density at radius 2 is 2.00 bits per heavy atom. The quantitative estimate of drug-likeness (QED) is 0.847. The number of rotatable bonds is 3. The predicted molar refractivity (Wildman–Crippen MR) is 48.8 cm³/mol. The van der Waals surface area contributed by atoms with Crippen molar-refractivity contribution in [3.63, 3.8) is 0 Å². The first-order valence-corrected chi connectivity index (χ1v) is 4.36. The maximum atomic E-state index is 12.5. The lowest BCUT2D eigenvalue weighted by Gasteiger charge is -2.13. The van der Waals surface area contributed by atoms with Gasteiger partial charge in [-0.2, -0.15) is 13.2 Å². The summed E-state index contributed by atoms with van der Waals surface area (Å²) in [7, 11) is 0. The number of hydrogen-bond acceptors (Lipinski definition) is 2. The number of hydrogen-bond donors (Lipinski definition) is 1. The van der Waals surface area contributed by atoms with E-state index in [2.05, 4.69) is 0 Å². The average molecular weight is 220 g/mol. The maximum absolute atomic E-state index is 12.5. The first-order valence-electron chi connectivity index (χ1n) is 4.36. The van der Waals surface area contributed by atoms with Gasteiger partial charge in [0.05, 0.1) is 12.2 Å². The SMILES string of the molecule is Cc1ccc(OCCO)c(C(F)(F)F)c1. The highest BCUT2D eigenvalue weighted by Gasteiger charge is 2.34. The molecule has 0 aromatic heterocycles. The Morgan fingerprint density at radius 1 is 1.33 bits per heavy atom. The minimum atomic E-state index is -4.43. The first kappa shape index (κ1) is 11.8. The minimum Gasteiger partial charge on any atom is -0.491 e. The van der Waals surface area contributed by atoms with Gasteiger partial charge in [0.2, 0.25) is 0 Å². The van der Waals surface area contributed by atoms with Crippen LogP contribution < -0.4 is 4.74 Å². The van der Waals surface area contributed by atoms with Crippen LogP contribution in [0.5, 0.6) is 5.75 Å². The number of aliphatic hydroxyl groups is 1. The topological polar surface area (TPSA) is 29.5 Å². The minimum absolute atomic E-state index is 0.147. The normalized spacial score (nSPS) is 11.5. The monoisotopic (exact) mass is 220 g/mol. The Bertz CT molecular complexity index is 334. The number of aryl methyl sites for hydroxylation is 1. The van der Waals surface area contributed by atoms with Crippen LogP contribution in [-0.4, -0.2) is 18.3 Å². The zero-order valence-corrected chi connectivity index (χ0v) is 8.14. The molecule has 1 rings (SSSR count). The van der Waals surface area contributed by atoms with E-state index in [1.807, 2.05) is 0 Å². The number of halogens is 3. The lowest BCUT2D eigenvalue weighted by molar-refractivity contribution is -0.139. The Morgan fingerprint density at radius 3 is 2.53 bits per heavy atom. The number of alkyl halides is 3. The van der Waals surface area contributed by atoms with Crippen molar-refractivity contribution >= 4 is 0 Å². The van der Waals surface area contributed by atoms with E-state index in [9.17, 15) is 13.2 Å². The third kappa shape index (κ3) is 3.13. The molecule has 0 amide bonds. The molecule has 0 atom stereocenters. The standard InChI is InChI=1S/C10H11F3O2/c1-7-2-3-9(15-5-4-14)8(6-7)10(11,12)13/h2-3,6,14H,4-5H2,1H3. The molecule has 15 heavy (non-hydrogen) atoms. The molecule has 0 spiro atoms. The second-order valence-corrected chi connectivity index (χ2v) is 3.07. The van der Waals surface area contributed by atoms with Gasteiger partial charge in [-0.15, -0.1) is 0 Å². The van der Waals surface area contributed by atoms with Crippen molar-refractivity contribution in [1.29, 1.82) is 0 Å². The summed E-state index contributed by atoms with van der Waals surface area (Å²) in [6.45, 7) is 1.11. The summed E-state index contributed by atoms with van der Waals surface area (Å²) < 4.78 is 42.3. The summed E-state index contributed by atoms with van der Waals surface area (Å²) in [4.78, 5) is 0. The van der Waals surface area contributed by atoms with Crippen LogP contribution >= 0.6 is 0 Å². The number of ether oxygens (including phenoxy) is 1. The van der Waals surface area contributed by atoms with Gasteiger partial charge in [-0.25, -0.2) is 0 Å². The van der Waals surface area contributed by atoms with Crippen LogP contribution in [0.4, 0.5) is 13.2 Å². The van der Waals surface area contributed by atoms with Gasteiger partial charge in [0.1, 0.15) is 12.4 Å². The summed E-state index contributed by atoms with van der Waals surface area (Å²) in [5.74, 6) is -0.248. The lowest BCUT2D eigenvalue weighted by atomic mass is 10.1. The molecular weight excluding hydrogens is 209 g/mol. The van der Waals surface area contributed by atoms with Crippen molar-refractivity contribution in [3.05, 3.63) is 29.3 Å². The van der Waals surface area contributed by atoms with Gasteiger partial charge in [-0.05, 0) is 19.1 Å². The molecular formula is C10H11F3O2. The number of benzene rings is 1. The fourth-order valence-corrected chi connectivity index (χ4v) is 1.15. The highest BCUT2D eigenvalue weighted by atomic mass is 19.4. The molecule has 0 unspecified atom stereocenters. The van der Waals surface area contributed by atoms with Crippen molar-refractivity contribution in [1.82, 2.24) is 0 Å². The van der Waals surface area contributed by atoms with Gasteiger partial charge >= 0.3 is 6.18 Å². The Hall–Kier alpha value is -1.23. The molecule has 0 radical (unpaired) electrons. The maximum Gasteiger partial charge on any atom is 0.419 e. The Kier molecular flexibility index (Phi) is 3.57. The van der Waals surface area contributed by atoms with E-state index < -0.39 is 11.7 Å².